The van der Waals surface area contributed by atoms with E-state index in [2.05, 4.69) is 37.7 Å². The van der Waals surface area contributed by atoms with E-state index in [0.29, 0.717) is 6.04 Å². The van der Waals surface area contributed by atoms with Crippen LogP contribution in [0.5, 0.6) is 0 Å². The molecule has 1 atom stereocenters. The molecule has 1 unspecified atom stereocenters. The van der Waals surface area contributed by atoms with Crippen molar-refractivity contribution in [2.75, 3.05) is 20.1 Å². The zero-order chi connectivity index (χ0) is 11.3. The molecular weight excluding hydrogens is 184 g/mol. The van der Waals surface area contributed by atoms with Crippen molar-refractivity contribution in [3.05, 3.63) is 12.2 Å². The number of likely N-dealkylation sites (N-methyl/N-ethyl adjacent to an activating group) is 1. The van der Waals surface area contributed by atoms with E-state index in [1.54, 1.807) is 0 Å². The lowest BCUT2D eigenvalue weighted by atomic mass is 10.1. The molecule has 1 rings (SSSR count). The third-order valence-electron chi connectivity index (χ3n) is 3.15. The Morgan fingerprint density at radius 3 is 2.73 bits per heavy atom. The van der Waals surface area contributed by atoms with Gasteiger partial charge in [0.25, 0.3) is 0 Å². The van der Waals surface area contributed by atoms with Crippen molar-refractivity contribution in [2.24, 2.45) is 0 Å². The summed E-state index contributed by atoms with van der Waals surface area (Å²) in [7, 11) is 2.20. The molecular formula is C13H26N2. The molecule has 0 aromatic heterocycles. The van der Waals surface area contributed by atoms with Gasteiger partial charge in [-0.15, -0.1) is 0 Å². The predicted molar refractivity (Wildman–Crippen MR) is 67.2 cm³/mol. The van der Waals surface area contributed by atoms with Crippen LogP contribution in [0.4, 0.5) is 0 Å². The van der Waals surface area contributed by atoms with E-state index in [9.17, 15) is 0 Å². The SMILES string of the molecule is C=C(CNC1CC1)CN(C)C(C)CCC. The Hall–Kier alpha value is -0.340. The fourth-order valence-electron chi connectivity index (χ4n) is 1.78. The average Bonchev–Trinajstić information content (AvgIpc) is 2.98. The minimum absolute atomic E-state index is 0.674. The standard InChI is InChI=1S/C13H26N2/c1-5-6-12(3)15(4)10-11(2)9-14-13-7-8-13/h12-14H,2,5-10H2,1,3-4H3. The van der Waals surface area contributed by atoms with E-state index in [0.717, 1.165) is 19.1 Å². The molecule has 15 heavy (non-hydrogen) atoms. The van der Waals surface area contributed by atoms with Crippen LogP contribution in [0, 0.1) is 0 Å². The summed E-state index contributed by atoms with van der Waals surface area (Å²) in [5.41, 5.74) is 1.31. The number of hydrogen-bond donors (Lipinski definition) is 1. The van der Waals surface area contributed by atoms with E-state index < -0.39 is 0 Å². The number of nitrogens with one attached hydrogen (secondary N) is 1. The first-order valence-electron chi connectivity index (χ1n) is 6.23. The van der Waals surface area contributed by atoms with Gasteiger partial charge < -0.3 is 5.32 Å². The van der Waals surface area contributed by atoms with Gasteiger partial charge in [-0.25, -0.2) is 0 Å². The molecule has 0 saturated heterocycles. The van der Waals surface area contributed by atoms with Crippen molar-refractivity contribution in [1.29, 1.82) is 0 Å². The number of nitrogens with zero attached hydrogens (tertiary/aromatic N) is 1. The van der Waals surface area contributed by atoms with Crippen LogP contribution in [0.15, 0.2) is 12.2 Å². The van der Waals surface area contributed by atoms with Gasteiger partial charge in [-0.1, -0.05) is 19.9 Å². The summed E-state index contributed by atoms with van der Waals surface area (Å²) < 4.78 is 0. The summed E-state index contributed by atoms with van der Waals surface area (Å²) in [6, 6.07) is 1.47. The van der Waals surface area contributed by atoms with E-state index in [1.807, 2.05) is 0 Å². The van der Waals surface area contributed by atoms with Gasteiger partial charge in [0, 0.05) is 25.2 Å². The number of hydrogen-bond acceptors (Lipinski definition) is 2. The highest BCUT2D eigenvalue weighted by Crippen LogP contribution is 2.18. The quantitative estimate of drug-likeness (QED) is 0.619. The molecule has 2 nitrogen and oxygen atoms in total. The molecule has 0 aliphatic heterocycles. The van der Waals surface area contributed by atoms with Crippen molar-refractivity contribution >= 4 is 0 Å². The summed E-state index contributed by atoms with van der Waals surface area (Å²) in [6.45, 7) is 10.7. The molecule has 1 saturated carbocycles. The first-order chi connectivity index (χ1) is 7.13. The van der Waals surface area contributed by atoms with E-state index >= 15 is 0 Å². The van der Waals surface area contributed by atoms with Crippen LogP contribution in [0.1, 0.15) is 39.5 Å². The fraction of sp³-hybridized carbons (Fsp3) is 0.846. The van der Waals surface area contributed by atoms with Crippen molar-refractivity contribution in [1.82, 2.24) is 10.2 Å². The van der Waals surface area contributed by atoms with Gasteiger partial charge in [-0.2, -0.15) is 0 Å². The van der Waals surface area contributed by atoms with Gasteiger partial charge in [-0.3, -0.25) is 4.90 Å². The predicted octanol–water partition coefficient (Wildman–Crippen LogP) is 2.42. The molecule has 1 fully saturated rings. The van der Waals surface area contributed by atoms with Gasteiger partial charge in [0.1, 0.15) is 0 Å². The minimum atomic E-state index is 0.674. The Morgan fingerprint density at radius 2 is 2.20 bits per heavy atom. The second-order valence-corrected chi connectivity index (χ2v) is 4.96. The van der Waals surface area contributed by atoms with Crippen LogP contribution in [-0.4, -0.2) is 37.1 Å². The summed E-state index contributed by atoms with van der Waals surface area (Å²) in [5, 5.41) is 3.51. The third-order valence-corrected chi connectivity index (χ3v) is 3.15. The summed E-state index contributed by atoms with van der Waals surface area (Å²) >= 11 is 0. The fourth-order valence-corrected chi connectivity index (χ4v) is 1.78. The van der Waals surface area contributed by atoms with Gasteiger partial charge in [0.2, 0.25) is 0 Å². The molecule has 0 aromatic rings. The lowest BCUT2D eigenvalue weighted by Gasteiger charge is -2.25. The largest absolute Gasteiger partial charge is 0.310 e. The van der Waals surface area contributed by atoms with Gasteiger partial charge in [0.05, 0.1) is 0 Å². The second-order valence-electron chi connectivity index (χ2n) is 4.96. The van der Waals surface area contributed by atoms with E-state index in [1.165, 1.54) is 31.3 Å². The Morgan fingerprint density at radius 1 is 1.53 bits per heavy atom. The molecule has 0 bridgehead atoms. The first-order valence-corrected chi connectivity index (χ1v) is 6.23. The Bertz CT molecular complexity index is 197. The number of rotatable bonds is 8. The van der Waals surface area contributed by atoms with Crippen LogP contribution < -0.4 is 5.32 Å². The van der Waals surface area contributed by atoms with Crippen LogP contribution >= 0.6 is 0 Å². The van der Waals surface area contributed by atoms with Gasteiger partial charge in [-0.05, 0) is 38.8 Å². The lowest BCUT2D eigenvalue weighted by Crippen LogP contribution is -2.33. The molecule has 2 heteroatoms. The highest BCUT2D eigenvalue weighted by atomic mass is 15.1. The maximum Gasteiger partial charge on any atom is 0.0202 e. The summed E-state index contributed by atoms with van der Waals surface area (Å²) in [4.78, 5) is 2.40. The summed E-state index contributed by atoms with van der Waals surface area (Å²) in [5.74, 6) is 0. The molecule has 88 valence electrons. The monoisotopic (exact) mass is 210 g/mol. The maximum atomic E-state index is 4.13. The normalized spacial score (nSPS) is 18.1. The van der Waals surface area contributed by atoms with Crippen LogP contribution in [0.3, 0.4) is 0 Å². The van der Waals surface area contributed by atoms with Crippen LogP contribution in [0.25, 0.3) is 0 Å². The molecule has 0 amide bonds. The Labute approximate surface area is 94.7 Å². The summed E-state index contributed by atoms with van der Waals surface area (Å²) in [6.07, 6.45) is 5.25. The average molecular weight is 210 g/mol. The molecule has 0 radical (unpaired) electrons. The van der Waals surface area contributed by atoms with Crippen LogP contribution in [-0.2, 0) is 0 Å². The molecule has 1 aliphatic carbocycles. The van der Waals surface area contributed by atoms with Crippen molar-refractivity contribution in [3.8, 4) is 0 Å². The zero-order valence-electron chi connectivity index (χ0n) is 10.6. The highest BCUT2D eigenvalue weighted by molar-refractivity contribution is 5.01. The zero-order valence-corrected chi connectivity index (χ0v) is 10.6. The molecule has 1 aliphatic rings. The molecule has 0 aromatic carbocycles. The van der Waals surface area contributed by atoms with Crippen molar-refractivity contribution < 1.29 is 0 Å². The van der Waals surface area contributed by atoms with Gasteiger partial charge >= 0.3 is 0 Å². The van der Waals surface area contributed by atoms with Crippen molar-refractivity contribution in [3.63, 3.8) is 0 Å². The Kier molecular flexibility index (Phi) is 5.34. The minimum Gasteiger partial charge on any atom is -0.310 e. The topological polar surface area (TPSA) is 15.3 Å². The van der Waals surface area contributed by atoms with E-state index in [4.69, 9.17) is 0 Å². The second kappa shape index (κ2) is 6.29. The highest BCUT2D eigenvalue weighted by Gasteiger charge is 2.20. The molecule has 0 heterocycles. The Balaban J connectivity index is 2.11. The molecule has 1 N–H and O–H groups in total. The van der Waals surface area contributed by atoms with Crippen LogP contribution in [0.2, 0.25) is 0 Å². The first kappa shape index (κ1) is 12.7. The smallest absolute Gasteiger partial charge is 0.0202 e. The van der Waals surface area contributed by atoms with Gasteiger partial charge in [0.15, 0.2) is 0 Å². The molecule has 0 spiro atoms. The maximum absolute atomic E-state index is 4.13. The van der Waals surface area contributed by atoms with Crippen molar-refractivity contribution in [2.45, 2.75) is 51.6 Å². The van der Waals surface area contributed by atoms with E-state index in [-0.39, 0.29) is 0 Å². The lowest BCUT2D eigenvalue weighted by molar-refractivity contribution is 0.262. The third kappa shape index (κ3) is 5.33.